The summed E-state index contributed by atoms with van der Waals surface area (Å²) < 4.78 is 13.8. The van der Waals surface area contributed by atoms with E-state index in [9.17, 15) is 9.18 Å². The summed E-state index contributed by atoms with van der Waals surface area (Å²) in [5.74, 6) is -0.231. The molecule has 92 valence electrons. The summed E-state index contributed by atoms with van der Waals surface area (Å²) in [6, 6.07) is 3.05. The van der Waals surface area contributed by atoms with E-state index in [-0.39, 0.29) is 17.6 Å². The third kappa shape index (κ3) is 2.86. The Morgan fingerprint density at radius 1 is 1.41 bits per heavy atom. The summed E-state index contributed by atoms with van der Waals surface area (Å²) in [6.07, 6.45) is 4.13. The van der Waals surface area contributed by atoms with Gasteiger partial charge in [-0.3, -0.25) is 4.79 Å². The van der Waals surface area contributed by atoms with E-state index < -0.39 is 0 Å². The van der Waals surface area contributed by atoms with Gasteiger partial charge in [-0.05, 0) is 53.4 Å². The number of nitrogens with one attached hydrogen (secondary N) is 1. The molecule has 1 amide bonds. The fraction of sp³-hybridized carbons (Fsp3) is 0.462. The number of hydrogen-bond acceptors (Lipinski definition) is 1. The fourth-order valence-corrected chi connectivity index (χ4v) is 2.66. The quantitative estimate of drug-likeness (QED) is 0.878. The number of amides is 1. The minimum absolute atomic E-state index is 0.0207. The standard InChI is InChI=1S/C13H15BrFNO/c1-8-6-10(14)11(15)7-12(8)16-13(17)9-4-2-3-5-9/h6-7,9H,2-5H2,1H3,(H,16,17). The zero-order valence-electron chi connectivity index (χ0n) is 9.72. The van der Waals surface area contributed by atoms with Gasteiger partial charge in [0.2, 0.25) is 5.91 Å². The highest BCUT2D eigenvalue weighted by Gasteiger charge is 2.23. The van der Waals surface area contributed by atoms with E-state index in [2.05, 4.69) is 21.2 Å². The van der Waals surface area contributed by atoms with Crippen molar-refractivity contribution in [1.82, 2.24) is 0 Å². The molecular weight excluding hydrogens is 285 g/mol. The van der Waals surface area contributed by atoms with Crippen molar-refractivity contribution < 1.29 is 9.18 Å². The molecule has 17 heavy (non-hydrogen) atoms. The minimum atomic E-state index is -0.350. The molecule has 0 unspecified atom stereocenters. The lowest BCUT2D eigenvalue weighted by Gasteiger charge is -2.13. The first-order valence-corrected chi connectivity index (χ1v) is 6.63. The monoisotopic (exact) mass is 299 g/mol. The van der Waals surface area contributed by atoms with Crippen LogP contribution in [0.15, 0.2) is 16.6 Å². The van der Waals surface area contributed by atoms with Gasteiger partial charge in [-0.2, -0.15) is 0 Å². The largest absolute Gasteiger partial charge is 0.326 e. The highest BCUT2D eigenvalue weighted by molar-refractivity contribution is 9.10. The van der Waals surface area contributed by atoms with Crippen molar-refractivity contribution in [2.24, 2.45) is 5.92 Å². The van der Waals surface area contributed by atoms with E-state index >= 15 is 0 Å². The summed E-state index contributed by atoms with van der Waals surface area (Å²) in [6.45, 7) is 1.86. The molecule has 0 aliphatic heterocycles. The number of halogens is 2. The minimum Gasteiger partial charge on any atom is -0.326 e. The molecule has 1 fully saturated rings. The molecule has 1 aromatic rings. The van der Waals surface area contributed by atoms with Crippen molar-refractivity contribution in [2.45, 2.75) is 32.6 Å². The van der Waals surface area contributed by atoms with Crippen molar-refractivity contribution in [1.29, 1.82) is 0 Å². The Morgan fingerprint density at radius 3 is 2.71 bits per heavy atom. The Balaban J connectivity index is 2.12. The van der Waals surface area contributed by atoms with Crippen LogP contribution >= 0.6 is 15.9 Å². The molecule has 4 heteroatoms. The molecule has 0 radical (unpaired) electrons. The summed E-state index contributed by atoms with van der Waals surface area (Å²) in [4.78, 5) is 11.9. The first-order valence-electron chi connectivity index (χ1n) is 5.84. The lowest BCUT2D eigenvalue weighted by atomic mass is 10.1. The maximum Gasteiger partial charge on any atom is 0.227 e. The van der Waals surface area contributed by atoms with Gasteiger partial charge in [-0.25, -0.2) is 4.39 Å². The molecule has 0 aromatic heterocycles. The zero-order chi connectivity index (χ0) is 12.4. The molecule has 0 saturated heterocycles. The summed E-state index contributed by atoms with van der Waals surface area (Å²) >= 11 is 3.12. The SMILES string of the molecule is Cc1cc(Br)c(F)cc1NC(=O)C1CCCC1. The molecule has 0 atom stereocenters. The van der Waals surface area contributed by atoms with Gasteiger partial charge < -0.3 is 5.32 Å². The van der Waals surface area contributed by atoms with Gasteiger partial charge in [0.05, 0.1) is 4.47 Å². The van der Waals surface area contributed by atoms with Crippen LogP contribution in [-0.2, 0) is 4.79 Å². The predicted octanol–water partition coefficient (Wildman–Crippen LogP) is 4.03. The molecule has 1 aliphatic rings. The average molecular weight is 300 g/mol. The van der Waals surface area contributed by atoms with Gasteiger partial charge in [-0.1, -0.05) is 12.8 Å². The number of carbonyl (C=O) groups excluding carboxylic acids is 1. The Morgan fingerprint density at radius 2 is 2.06 bits per heavy atom. The third-order valence-corrected chi connectivity index (χ3v) is 3.86. The van der Waals surface area contributed by atoms with Crippen molar-refractivity contribution in [3.05, 3.63) is 28.0 Å². The average Bonchev–Trinajstić information content (AvgIpc) is 2.79. The first kappa shape index (κ1) is 12.6. The maximum absolute atomic E-state index is 13.4. The van der Waals surface area contributed by atoms with Crippen LogP contribution in [-0.4, -0.2) is 5.91 Å². The highest BCUT2D eigenvalue weighted by atomic mass is 79.9. The van der Waals surface area contributed by atoms with Crippen LogP contribution in [0.4, 0.5) is 10.1 Å². The molecule has 1 aliphatic carbocycles. The number of benzene rings is 1. The zero-order valence-corrected chi connectivity index (χ0v) is 11.3. The molecule has 2 rings (SSSR count). The lowest BCUT2D eigenvalue weighted by Crippen LogP contribution is -2.20. The lowest BCUT2D eigenvalue weighted by molar-refractivity contribution is -0.119. The molecule has 0 bridgehead atoms. The molecule has 1 saturated carbocycles. The van der Waals surface area contributed by atoms with Gasteiger partial charge in [0.1, 0.15) is 5.82 Å². The van der Waals surface area contributed by atoms with Crippen LogP contribution in [0.2, 0.25) is 0 Å². The van der Waals surface area contributed by atoms with Crippen LogP contribution in [0.5, 0.6) is 0 Å². The van der Waals surface area contributed by atoms with Gasteiger partial charge in [0.15, 0.2) is 0 Å². The topological polar surface area (TPSA) is 29.1 Å². The predicted molar refractivity (Wildman–Crippen MR) is 69.4 cm³/mol. The van der Waals surface area contributed by atoms with Gasteiger partial charge in [0, 0.05) is 11.6 Å². The summed E-state index contributed by atoms with van der Waals surface area (Å²) in [7, 11) is 0. The molecule has 0 spiro atoms. The normalized spacial score (nSPS) is 16.2. The van der Waals surface area contributed by atoms with E-state index in [1.807, 2.05) is 6.92 Å². The van der Waals surface area contributed by atoms with E-state index in [1.54, 1.807) is 6.07 Å². The second kappa shape index (κ2) is 5.17. The smallest absolute Gasteiger partial charge is 0.227 e. The molecule has 1 aromatic carbocycles. The third-order valence-electron chi connectivity index (χ3n) is 3.25. The molecule has 1 N–H and O–H groups in total. The van der Waals surface area contributed by atoms with Crippen LogP contribution in [0.25, 0.3) is 0 Å². The Labute approximate surface area is 109 Å². The second-order valence-corrected chi connectivity index (χ2v) is 5.41. The molecule has 2 nitrogen and oxygen atoms in total. The number of aryl methyl sites for hydroxylation is 1. The van der Waals surface area contributed by atoms with Crippen LogP contribution in [0, 0.1) is 18.7 Å². The molecular formula is C13H15BrFNO. The van der Waals surface area contributed by atoms with Crippen molar-refractivity contribution in [3.63, 3.8) is 0 Å². The van der Waals surface area contributed by atoms with Gasteiger partial charge in [0.25, 0.3) is 0 Å². The van der Waals surface area contributed by atoms with E-state index in [4.69, 9.17) is 0 Å². The van der Waals surface area contributed by atoms with Crippen molar-refractivity contribution in [2.75, 3.05) is 5.32 Å². The van der Waals surface area contributed by atoms with Gasteiger partial charge >= 0.3 is 0 Å². The summed E-state index contributed by atoms with van der Waals surface area (Å²) in [5.41, 5.74) is 1.44. The van der Waals surface area contributed by atoms with E-state index in [1.165, 1.54) is 6.07 Å². The van der Waals surface area contributed by atoms with Gasteiger partial charge in [-0.15, -0.1) is 0 Å². The highest BCUT2D eigenvalue weighted by Crippen LogP contribution is 2.28. The Kier molecular flexibility index (Phi) is 3.82. The van der Waals surface area contributed by atoms with E-state index in [0.717, 1.165) is 31.2 Å². The number of carbonyl (C=O) groups is 1. The van der Waals surface area contributed by atoms with Crippen molar-refractivity contribution >= 4 is 27.5 Å². The van der Waals surface area contributed by atoms with Crippen LogP contribution in [0.1, 0.15) is 31.2 Å². The second-order valence-electron chi connectivity index (χ2n) is 4.55. The summed E-state index contributed by atoms with van der Waals surface area (Å²) in [5, 5.41) is 2.82. The molecule has 0 heterocycles. The maximum atomic E-state index is 13.4. The van der Waals surface area contributed by atoms with E-state index in [0.29, 0.717) is 10.2 Å². The van der Waals surface area contributed by atoms with Crippen LogP contribution in [0.3, 0.4) is 0 Å². The number of hydrogen-bond donors (Lipinski definition) is 1. The Bertz CT molecular complexity index is 441. The number of anilines is 1. The fourth-order valence-electron chi connectivity index (χ4n) is 2.20. The number of rotatable bonds is 2. The first-order chi connectivity index (χ1) is 8.08. The van der Waals surface area contributed by atoms with Crippen LogP contribution < -0.4 is 5.32 Å². The van der Waals surface area contributed by atoms with Crippen molar-refractivity contribution in [3.8, 4) is 0 Å². The Hall–Kier alpha value is -0.900.